The second-order valence-electron chi connectivity index (χ2n) is 5.39. The molecule has 0 saturated carbocycles. The number of hydrogen-bond donors (Lipinski definition) is 0. The van der Waals surface area contributed by atoms with Crippen LogP contribution in [0.15, 0.2) is 24.3 Å². The van der Waals surface area contributed by atoms with Crippen molar-refractivity contribution in [1.29, 1.82) is 0 Å². The van der Waals surface area contributed by atoms with Crippen molar-refractivity contribution < 1.29 is 4.79 Å². The highest BCUT2D eigenvalue weighted by molar-refractivity contribution is 5.74. The van der Waals surface area contributed by atoms with Crippen LogP contribution in [0.3, 0.4) is 0 Å². The van der Waals surface area contributed by atoms with Crippen molar-refractivity contribution in [3.8, 4) is 5.69 Å². The fraction of sp³-hybridized carbons (Fsp3) is 0.357. The summed E-state index contributed by atoms with van der Waals surface area (Å²) in [5.74, 6) is 0. The zero-order valence-electron chi connectivity index (χ0n) is 11.1. The van der Waals surface area contributed by atoms with Gasteiger partial charge in [-0.15, -0.1) is 5.10 Å². The van der Waals surface area contributed by atoms with Crippen LogP contribution in [0.5, 0.6) is 0 Å². The normalized spacial score (nSPS) is 11.6. The quantitative estimate of drug-likeness (QED) is 0.762. The predicted octanol–water partition coefficient (Wildman–Crippen LogP) is 2.69. The molecule has 0 aliphatic rings. The van der Waals surface area contributed by atoms with Crippen LogP contribution < -0.4 is 0 Å². The monoisotopic (exact) mass is 243 g/mol. The van der Waals surface area contributed by atoms with Crippen LogP contribution >= 0.6 is 0 Å². The molecule has 0 spiro atoms. The van der Waals surface area contributed by atoms with E-state index < -0.39 is 0 Å². The topological polar surface area (TPSA) is 47.8 Å². The average Bonchev–Trinajstić information content (AvgIpc) is 2.73. The minimum atomic E-state index is -0.192. The maximum Gasteiger partial charge on any atom is 0.172 e. The van der Waals surface area contributed by atoms with Gasteiger partial charge in [-0.05, 0) is 18.6 Å². The van der Waals surface area contributed by atoms with Crippen molar-refractivity contribution in [2.24, 2.45) is 0 Å². The number of aryl methyl sites for hydroxylation is 1. The van der Waals surface area contributed by atoms with E-state index >= 15 is 0 Å². The molecule has 0 aliphatic heterocycles. The molecular formula is C14H17N3O. The largest absolute Gasteiger partial charge is 0.296 e. The lowest BCUT2D eigenvalue weighted by Gasteiger charge is -2.20. The van der Waals surface area contributed by atoms with Gasteiger partial charge in [-0.1, -0.05) is 44.2 Å². The molecule has 4 nitrogen and oxygen atoms in total. The summed E-state index contributed by atoms with van der Waals surface area (Å²) in [4.78, 5) is 11.1. The van der Waals surface area contributed by atoms with E-state index in [1.807, 2.05) is 52.0 Å². The molecule has 0 aliphatic carbocycles. The number of para-hydroxylation sites is 1. The molecule has 0 bridgehead atoms. The first-order valence-electron chi connectivity index (χ1n) is 5.92. The Hall–Kier alpha value is -1.97. The Balaban J connectivity index is 2.70. The number of benzene rings is 1. The summed E-state index contributed by atoms with van der Waals surface area (Å²) < 4.78 is 1.76. The highest BCUT2D eigenvalue weighted by Crippen LogP contribution is 2.27. The van der Waals surface area contributed by atoms with E-state index in [1.54, 1.807) is 4.68 Å². The van der Waals surface area contributed by atoms with Gasteiger partial charge >= 0.3 is 0 Å². The molecule has 0 amide bonds. The molecule has 2 rings (SSSR count). The van der Waals surface area contributed by atoms with Gasteiger partial charge in [0.05, 0.1) is 11.4 Å². The van der Waals surface area contributed by atoms with Crippen LogP contribution in [0.25, 0.3) is 5.69 Å². The number of rotatable bonds is 2. The van der Waals surface area contributed by atoms with Gasteiger partial charge in [0, 0.05) is 5.41 Å². The second kappa shape index (κ2) is 4.37. The van der Waals surface area contributed by atoms with Gasteiger partial charge in [-0.3, -0.25) is 4.79 Å². The molecule has 0 radical (unpaired) electrons. The van der Waals surface area contributed by atoms with Crippen LogP contribution in [-0.4, -0.2) is 21.3 Å². The number of nitrogens with zero attached hydrogens (tertiary/aromatic N) is 3. The van der Waals surface area contributed by atoms with Crippen molar-refractivity contribution in [3.05, 3.63) is 41.2 Å². The standard InChI is InChI=1S/C14H17N3O/c1-10-7-5-6-8-12(10)17-13(14(2,3)4)11(9-18)15-16-17/h5-9H,1-4H3. The lowest BCUT2D eigenvalue weighted by Crippen LogP contribution is -2.19. The van der Waals surface area contributed by atoms with E-state index in [0.29, 0.717) is 5.69 Å². The molecule has 1 aromatic heterocycles. The molecule has 18 heavy (non-hydrogen) atoms. The van der Waals surface area contributed by atoms with E-state index in [2.05, 4.69) is 10.3 Å². The third kappa shape index (κ3) is 2.06. The number of carbonyl (C=O) groups is 1. The fourth-order valence-electron chi connectivity index (χ4n) is 2.04. The summed E-state index contributed by atoms with van der Waals surface area (Å²) in [5, 5.41) is 8.08. The summed E-state index contributed by atoms with van der Waals surface area (Å²) in [6.07, 6.45) is 0.766. The molecule has 94 valence electrons. The smallest absolute Gasteiger partial charge is 0.172 e. The van der Waals surface area contributed by atoms with E-state index in [4.69, 9.17) is 0 Å². The minimum absolute atomic E-state index is 0.192. The molecule has 0 saturated heterocycles. The van der Waals surface area contributed by atoms with E-state index in [9.17, 15) is 4.79 Å². The molecule has 1 aromatic carbocycles. The van der Waals surface area contributed by atoms with Gasteiger partial charge in [0.25, 0.3) is 0 Å². The Kier molecular flexibility index (Phi) is 3.03. The zero-order chi connectivity index (χ0) is 13.3. The fourth-order valence-corrected chi connectivity index (χ4v) is 2.04. The van der Waals surface area contributed by atoms with Crippen molar-refractivity contribution in [1.82, 2.24) is 15.0 Å². The maximum absolute atomic E-state index is 11.1. The third-order valence-corrected chi connectivity index (χ3v) is 2.86. The molecule has 4 heteroatoms. The molecular weight excluding hydrogens is 226 g/mol. The summed E-state index contributed by atoms with van der Waals surface area (Å²) >= 11 is 0. The minimum Gasteiger partial charge on any atom is -0.296 e. The third-order valence-electron chi connectivity index (χ3n) is 2.86. The van der Waals surface area contributed by atoms with Crippen molar-refractivity contribution in [2.45, 2.75) is 33.1 Å². The van der Waals surface area contributed by atoms with Gasteiger partial charge in [-0.25, -0.2) is 4.68 Å². The Labute approximate surface area is 107 Å². The molecule has 0 atom stereocenters. The van der Waals surface area contributed by atoms with E-state index in [1.165, 1.54) is 0 Å². The molecule has 0 N–H and O–H groups in total. The number of aldehydes is 1. The molecule has 1 heterocycles. The highest BCUT2D eigenvalue weighted by Gasteiger charge is 2.26. The zero-order valence-corrected chi connectivity index (χ0v) is 11.1. The average molecular weight is 243 g/mol. The van der Waals surface area contributed by atoms with Crippen molar-refractivity contribution in [2.75, 3.05) is 0 Å². The number of carbonyl (C=O) groups excluding carboxylic acids is 1. The van der Waals surface area contributed by atoms with Gasteiger partial charge in [0.2, 0.25) is 0 Å². The van der Waals surface area contributed by atoms with E-state index in [0.717, 1.165) is 23.2 Å². The van der Waals surface area contributed by atoms with E-state index in [-0.39, 0.29) is 5.41 Å². The van der Waals surface area contributed by atoms with Crippen LogP contribution in [-0.2, 0) is 5.41 Å². The lowest BCUT2D eigenvalue weighted by molar-refractivity contribution is 0.111. The lowest BCUT2D eigenvalue weighted by atomic mass is 9.90. The van der Waals surface area contributed by atoms with Crippen molar-refractivity contribution in [3.63, 3.8) is 0 Å². The van der Waals surface area contributed by atoms with Gasteiger partial charge in [0.15, 0.2) is 6.29 Å². The Bertz CT molecular complexity index is 579. The first-order chi connectivity index (χ1) is 8.45. The van der Waals surface area contributed by atoms with Gasteiger partial charge in [-0.2, -0.15) is 0 Å². The van der Waals surface area contributed by atoms with Gasteiger partial charge < -0.3 is 0 Å². The summed E-state index contributed by atoms with van der Waals surface area (Å²) in [5.41, 5.74) is 3.12. The number of aromatic nitrogens is 3. The summed E-state index contributed by atoms with van der Waals surface area (Å²) in [7, 11) is 0. The predicted molar refractivity (Wildman–Crippen MR) is 70.2 cm³/mol. The Morgan fingerprint density at radius 2 is 1.89 bits per heavy atom. The summed E-state index contributed by atoms with van der Waals surface area (Å²) in [6, 6.07) is 7.93. The molecule has 2 aromatic rings. The van der Waals surface area contributed by atoms with Crippen molar-refractivity contribution >= 4 is 6.29 Å². The highest BCUT2D eigenvalue weighted by atomic mass is 16.1. The molecule has 0 fully saturated rings. The van der Waals surface area contributed by atoms with Crippen LogP contribution in [0.1, 0.15) is 42.5 Å². The van der Waals surface area contributed by atoms with Crippen LogP contribution in [0.2, 0.25) is 0 Å². The maximum atomic E-state index is 11.1. The summed E-state index contributed by atoms with van der Waals surface area (Å²) in [6.45, 7) is 8.17. The Morgan fingerprint density at radius 3 is 2.44 bits per heavy atom. The first kappa shape index (κ1) is 12.5. The molecule has 0 unspecified atom stereocenters. The van der Waals surface area contributed by atoms with Crippen LogP contribution in [0.4, 0.5) is 0 Å². The number of hydrogen-bond acceptors (Lipinski definition) is 3. The van der Waals surface area contributed by atoms with Gasteiger partial charge in [0.1, 0.15) is 5.69 Å². The Morgan fingerprint density at radius 1 is 1.22 bits per heavy atom. The first-order valence-corrected chi connectivity index (χ1v) is 5.92. The van der Waals surface area contributed by atoms with Crippen LogP contribution in [0, 0.1) is 6.92 Å². The SMILES string of the molecule is Cc1ccccc1-n1nnc(C=O)c1C(C)(C)C. The second-order valence-corrected chi connectivity index (χ2v) is 5.39.